The van der Waals surface area contributed by atoms with Gasteiger partial charge in [0.1, 0.15) is 5.75 Å². The molecule has 0 saturated carbocycles. The normalized spacial score (nSPS) is 23.0. The molecule has 1 fully saturated rings. The van der Waals surface area contributed by atoms with Crippen molar-refractivity contribution < 1.29 is 9.53 Å². The summed E-state index contributed by atoms with van der Waals surface area (Å²) < 4.78 is 5.46. The zero-order chi connectivity index (χ0) is 13.0. The predicted octanol–water partition coefficient (Wildman–Crippen LogP) is 2.66. The highest BCUT2D eigenvalue weighted by Crippen LogP contribution is 2.34. The maximum atomic E-state index is 12.7. The van der Waals surface area contributed by atoms with Crippen LogP contribution in [0.15, 0.2) is 24.3 Å². The molecule has 0 aromatic heterocycles. The number of rotatable bonds is 5. The highest BCUT2D eigenvalue weighted by molar-refractivity contribution is 6.01. The molecular weight excluding hydrogens is 226 g/mol. The molecule has 3 heteroatoms. The molecule has 0 aliphatic carbocycles. The summed E-state index contributed by atoms with van der Waals surface area (Å²) in [6, 6.07) is 7.54. The van der Waals surface area contributed by atoms with Crippen LogP contribution in [0.4, 0.5) is 0 Å². The van der Waals surface area contributed by atoms with Gasteiger partial charge in [-0.1, -0.05) is 19.1 Å². The minimum atomic E-state index is -0.217. The van der Waals surface area contributed by atoms with Gasteiger partial charge in [0, 0.05) is 17.5 Å². The van der Waals surface area contributed by atoms with Crippen LogP contribution in [0, 0.1) is 5.41 Å². The first-order valence-electron chi connectivity index (χ1n) is 6.70. The molecule has 1 aromatic rings. The van der Waals surface area contributed by atoms with Crippen LogP contribution >= 0.6 is 0 Å². The molecule has 1 atom stereocenters. The summed E-state index contributed by atoms with van der Waals surface area (Å²) in [6.45, 7) is 6.39. The van der Waals surface area contributed by atoms with E-state index >= 15 is 0 Å². The number of ether oxygens (including phenoxy) is 1. The number of carbonyl (C=O) groups excluding carboxylic acids is 1. The van der Waals surface area contributed by atoms with Crippen LogP contribution in [-0.2, 0) is 0 Å². The Labute approximate surface area is 109 Å². The second kappa shape index (κ2) is 5.53. The predicted molar refractivity (Wildman–Crippen MR) is 72.2 cm³/mol. The van der Waals surface area contributed by atoms with Gasteiger partial charge in [0.25, 0.3) is 0 Å². The Kier molecular flexibility index (Phi) is 4.02. The molecule has 1 aliphatic heterocycles. The number of ketones is 1. The molecule has 1 aliphatic rings. The lowest BCUT2D eigenvalue weighted by Crippen LogP contribution is -2.32. The van der Waals surface area contributed by atoms with E-state index in [0.717, 1.165) is 37.2 Å². The van der Waals surface area contributed by atoms with Crippen LogP contribution in [0.2, 0.25) is 0 Å². The lowest BCUT2D eigenvalue weighted by atomic mass is 9.77. The molecule has 1 aromatic carbocycles. The summed E-state index contributed by atoms with van der Waals surface area (Å²) >= 11 is 0. The van der Waals surface area contributed by atoms with Crippen molar-refractivity contribution in [2.75, 3.05) is 19.7 Å². The Balaban J connectivity index is 2.24. The molecule has 1 unspecified atom stereocenters. The fourth-order valence-electron chi connectivity index (χ4n) is 2.60. The van der Waals surface area contributed by atoms with E-state index in [1.165, 1.54) is 0 Å². The van der Waals surface area contributed by atoms with Crippen molar-refractivity contribution in [1.29, 1.82) is 0 Å². The Morgan fingerprint density at radius 1 is 1.44 bits per heavy atom. The van der Waals surface area contributed by atoms with Crippen LogP contribution in [0.1, 0.15) is 37.0 Å². The molecule has 3 nitrogen and oxygen atoms in total. The number of Topliss-reactive ketones (excluding diaryl/α,β-unsaturated/α-hetero) is 1. The number of carbonyl (C=O) groups is 1. The van der Waals surface area contributed by atoms with Crippen molar-refractivity contribution in [3.05, 3.63) is 29.8 Å². The van der Waals surface area contributed by atoms with Gasteiger partial charge in [-0.05, 0) is 38.4 Å². The monoisotopic (exact) mass is 247 g/mol. The van der Waals surface area contributed by atoms with Gasteiger partial charge >= 0.3 is 0 Å². The number of hydrogen-bond acceptors (Lipinski definition) is 3. The van der Waals surface area contributed by atoms with E-state index in [2.05, 4.69) is 12.2 Å². The zero-order valence-corrected chi connectivity index (χ0v) is 11.2. The third-order valence-corrected chi connectivity index (χ3v) is 3.81. The van der Waals surface area contributed by atoms with Gasteiger partial charge in [-0.25, -0.2) is 0 Å². The quantitative estimate of drug-likeness (QED) is 0.813. The van der Waals surface area contributed by atoms with Gasteiger partial charge in [0.2, 0.25) is 0 Å². The van der Waals surface area contributed by atoms with Crippen molar-refractivity contribution in [2.45, 2.75) is 26.7 Å². The van der Waals surface area contributed by atoms with Crippen molar-refractivity contribution in [2.24, 2.45) is 5.41 Å². The fourth-order valence-corrected chi connectivity index (χ4v) is 2.60. The van der Waals surface area contributed by atoms with E-state index in [1.807, 2.05) is 31.2 Å². The second-order valence-electron chi connectivity index (χ2n) is 4.85. The highest BCUT2D eigenvalue weighted by Gasteiger charge is 2.39. The first kappa shape index (κ1) is 13.1. The molecule has 1 saturated heterocycles. The summed E-state index contributed by atoms with van der Waals surface area (Å²) in [5.74, 6) is 1.03. The van der Waals surface area contributed by atoms with Gasteiger partial charge in [-0.2, -0.15) is 0 Å². The number of nitrogens with one attached hydrogen (secondary N) is 1. The third kappa shape index (κ3) is 2.41. The lowest BCUT2D eigenvalue weighted by Gasteiger charge is -2.25. The van der Waals surface area contributed by atoms with E-state index in [1.54, 1.807) is 0 Å². The smallest absolute Gasteiger partial charge is 0.170 e. The minimum Gasteiger partial charge on any atom is -0.494 e. The largest absolute Gasteiger partial charge is 0.494 e. The molecule has 0 bridgehead atoms. The number of hydrogen-bond donors (Lipinski definition) is 1. The van der Waals surface area contributed by atoms with Crippen molar-refractivity contribution in [3.63, 3.8) is 0 Å². The van der Waals surface area contributed by atoms with Crippen molar-refractivity contribution in [3.8, 4) is 5.75 Å². The summed E-state index contributed by atoms with van der Waals surface area (Å²) in [7, 11) is 0. The maximum absolute atomic E-state index is 12.7. The lowest BCUT2D eigenvalue weighted by molar-refractivity contribution is 0.0810. The van der Waals surface area contributed by atoms with E-state index in [0.29, 0.717) is 6.61 Å². The SMILES string of the molecule is CCOc1cccc(C(=O)C2(CC)CCNC2)c1. The third-order valence-electron chi connectivity index (χ3n) is 3.81. The van der Waals surface area contributed by atoms with Gasteiger partial charge in [-0.3, -0.25) is 4.79 Å². The molecule has 2 rings (SSSR count). The fraction of sp³-hybridized carbons (Fsp3) is 0.533. The topological polar surface area (TPSA) is 38.3 Å². The van der Waals surface area contributed by atoms with Crippen LogP contribution < -0.4 is 10.1 Å². The maximum Gasteiger partial charge on any atom is 0.170 e. The Morgan fingerprint density at radius 2 is 2.28 bits per heavy atom. The molecule has 18 heavy (non-hydrogen) atoms. The molecule has 1 N–H and O–H groups in total. The van der Waals surface area contributed by atoms with Crippen molar-refractivity contribution >= 4 is 5.78 Å². The Morgan fingerprint density at radius 3 is 2.89 bits per heavy atom. The standard InChI is InChI=1S/C15H21NO2/c1-3-15(8-9-16-11-15)14(17)12-6-5-7-13(10-12)18-4-2/h5-7,10,16H,3-4,8-9,11H2,1-2H3. The average Bonchev–Trinajstić information content (AvgIpc) is 2.88. The van der Waals surface area contributed by atoms with Crippen LogP contribution in [0.3, 0.4) is 0 Å². The minimum absolute atomic E-state index is 0.217. The number of benzene rings is 1. The van der Waals surface area contributed by atoms with E-state index < -0.39 is 0 Å². The summed E-state index contributed by atoms with van der Waals surface area (Å²) in [5.41, 5.74) is 0.552. The van der Waals surface area contributed by atoms with Gasteiger partial charge in [0.05, 0.1) is 6.61 Å². The molecular formula is C15H21NO2. The first-order valence-corrected chi connectivity index (χ1v) is 6.70. The molecule has 1 heterocycles. The first-order chi connectivity index (χ1) is 8.72. The van der Waals surface area contributed by atoms with E-state index in [9.17, 15) is 4.79 Å². The van der Waals surface area contributed by atoms with E-state index in [-0.39, 0.29) is 11.2 Å². The summed E-state index contributed by atoms with van der Waals surface area (Å²) in [5, 5.41) is 3.30. The average molecular weight is 247 g/mol. The molecule has 0 radical (unpaired) electrons. The Hall–Kier alpha value is -1.35. The molecule has 0 spiro atoms. The zero-order valence-electron chi connectivity index (χ0n) is 11.2. The van der Waals surface area contributed by atoms with E-state index in [4.69, 9.17) is 4.74 Å². The second-order valence-corrected chi connectivity index (χ2v) is 4.85. The highest BCUT2D eigenvalue weighted by atomic mass is 16.5. The van der Waals surface area contributed by atoms with Crippen LogP contribution in [0.25, 0.3) is 0 Å². The van der Waals surface area contributed by atoms with Crippen LogP contribution in [0.5, 0.6) is 5.75 Å². The Bertz CT molecular complexity index is 422. The van der Waals surface area contributed by atoms with Gasteiger partial charge in [-0.15, -0.1) is 0 Å². The van der Waals surface area contributed by atoms with Crippen molar-refractivity contribution in [1.82, 2.24) is 5.32 Å². The summed E-state index contributed by atoms with van der Waals surface area (Å²) in [6.07, 6.45) is 1.82. The van der Waals surface area contributed by atoms with Gasteiger partial charge < -0.3 is 10.1 Å². The summed E-state index contributed by atoms with van der Waals surface area (Å²) in [4.78, 5) is 12.7. The molecule has 0 amide bonds. The van der Waals surface area contributed by atoms with Gasteiger partial charge in [0.15, 0.2) is 5.78 Å². The molecule has 98 valence electrons. The van der Waals surface area contributed by atoms with Crippen LogP contribution in [-0.4, -0.2) is 25.5 Å².